The minimum absolute atomic E-state index is 0.00937. The highest BCUT2D eigenvalue weighted by Crippen LogP contribution is 2.32. The molecule has 0 bridgehead atoms. The van der Waals surface area contributed by atoms with Crippen LogP contribution in [-0.2, 0) is 52.4 Å². The second-order valence-corrected chi connectivity index (χ2v) is 13.4. The topological polar surface area (TPSA) is 178 Å². The van der Waals surface area contributed by atoms with Crippen LogP contribution in [0.1, 0.15) is 51.4 Å². The van der Waals surface area contributed by atoms with Gasteiger partial charge in [-0.3, -0.25) is 9.59 Å². The Morgan fingerprint density at radius 1 is 0.542 bits per heavy atom. The maximum atomic E-state index is 13.0. The van der Waals surface area contributed by atoms with Crippen molar-refractivity contribution in [3.05, 3.63) is 86.5 Å². The van der Waals surface area contributed by atoms with Crippen molar-refractivity contribution in [2.75, 3.05) is 60.0 Å². The van der Waals surface area contributed by atoms with Crippen LogP contribution in [0.25, 0.3) is 0 Å². The summed E-state index contributed by atoms with van der Waals surface area (Å²) in [5.41, 5.74) is 0. The van der Waals surface area contributed by atoms with Gasteiger partial charge in [-0.25, -0.2) is 14.4 Å². The minimum atomic E-state index is -0.705. The monoisotopic (exact) mass is 824 g/mol. The largest absolute Gasteiger partial charge is 0.491 e. The van der Waals surface area contributed by atoms with Gasteiger partial charge in [0.2, 0.25) is 0 Å². The van der Waals surface area contributed by atoms with E-state index in [2.05, 4.69) is 19.7 Å². The highest BCUT2D eigenvalue weighted by Gasteiger charge is 2.32. The first kappa shape index (κ1) is 47.9. The quantitative estimate of drug-likeness (QED) is 0.0310. The molecule has 3 rings (SSSR count). The molecule has 2 atom stereocenters. The zero-order valence-electron chi connectivity index (χ0n) is 33.7. The maximum Gasteiger partial charge on any atom is 0.330 e. The molecule has 2 aromatic rings. The Bertz CT molecular complexity index is 1610. The maximum absolute atomic E-state index is 13.0. The molecular weight excluding hydrogens is 768 g/mol. The summed E-state index contributed by atoms with van der Waals surface area (Å²) in [6.45, 7) is 12.2. The van der Waals surface area contributed by atoms with E-state index < -0.39 is 24.0 Å². The van der Waals surface area contributed by atoms with Crippen molar-refractivity contribution < 1.29 is 71.3 Å². The number of rotatable bonds is 29. The number of ether oxygens (including phenoxy) is 10. The molecule has 59 heavy (non-hydrogen) atoms. The lowest BCUT2D eigenvalue weighted by Crippen LogP contribution is -2.30. The summed E-state index contributed by atoms with van der Waals surface area (Å²) in [4.78, 5) is 59.9. The fourth-order valence-corrected chi connectivity index (χ4v) is 5.57. The molecule has 2 unspecified atom stereocenters. The summed E-state index contributed by atoms with van der Waals surface area (Å²) >= 11 is 0. The Hall–Kier alpha value is -5.51. The summed E-state index contributed by atoms with van der Waals surface area (Å²) in [5, 5.41) is 0. The first-order valence-electron chi connectivity index (χ1n) is 19.6. The van der Waals surface area contributed by atoms with Gasteiger partial charge in [0, 0.05) is 38.6 Å². The Labute approximate surface area is 345 Å². The van der Waals surface area contributed by atoms with Gasteiger partial charge in [-0.1, -0.05) is 19.7 Å². The second kappa shape index (κ2) is 28.0. The number of hydrogen-bond donors (Lipinski definition) is 0. The number of benzene rings is 2. The molecule has 0 amide bonds. The number of hydrogen-bond acceptors (Lipinski definition) is 15. The fraction of sp³-hybridized carbons (Fsp3) is 0.477. The highest BCUT2D eigenvalue weighted by molar-refractivity contribution is 5.82. The van der Waals surface area contributed by atoms with E-state index in [4.69, 9.17) is 47.4 Å². The molecule has 0 N–H and O–H groups in total. The summed E-state index contributed by atoms with van der Waals surface area (Å²) in [6.07, 6.45) is 6.88. The molecule has 15 nitrogen and oxygen atoms in total. The lowest BCUT2D eigenvalue weighted by molar-refractivity contribution is -0.148. The first-order valence-corrected chi connectivity index (χ1v) is 19.6. The molecule has 1 aliphatic rings. The molecule has 15 heteroatoms. The van der Waals surface area contributed by atoms with E-state index in [1.54, 1.807) is 55.6 Å². The third kappa shape index (κ3) is 19.7. The minimum Gasteiger partial charge on any atom is -0.491 e. The molecule has 322 valence electrons. The van der Waals surface area contributed by atoms with Crippen LogP contribution in [-0.4, -0.2) is 102 Å². The van der Waals surface area contributed by atoms with Crippen LogP contribution >= 0.6 is 0 Å². The summed E-state index contributed by atoms with van der Waals surface area (Å²) in [7, 11) is 1.58. The lowest BCUT2D eigenvalue weighted by atomic mass is 9.82. The molecule has 0 spiro atoms. The van der Waals surface area contributed by atoms with Crippen molar-refractivity contribution in [2.24, 2.45) is 11.8 Å². The molecule has 0 aromatic heterocycles. The molecule has 0 radical (unpaired) electrons. The molecule has 1 saturated carbocycles. The van der Waals surface area contributed by atoms with Crippen LogP contribution < -0.4 is 18.9 Å². The standard InChI is InChI=1S/C44H56O15/c1-5-40(45)53-26-10-8-24-51-28-38(50-4)30-55-34-16-20-36(21-17-34)58-43(48)32-12-14-33(15-13-32)44(49)59-37-22-18-35(19-23-37)56-31-39(57-42(47)7-3)29-52-25-9-11-27-54-41(46)6-2/h5-7,16-23,32-33,38-39H,1-3,8-15,24-31H2,4H3. The Morgan fingerprint density at radius 3 is 1.32 bits per heavy atom. The van der Waals surface area contributed by atoms with Crippen molar-refractivity contribution in [1.82, 2.24) is 0 Å². The number of unbranched alkanes of at least 4 members (excludes halogenated alkanes) is 2. The second-order valence-electron chi connectivity index (χ2n) is 13.4. The number of carbonyl (C=O) groups excluding carboxylic acids is 5. The van der Waals surface area contributed by atoms with Crippen LogP contribution in [0.15, 0.2) is 86.5 Å². The van der Waals surface area contributed by atoms with Crippen molar-refractivity contribution in [1.29, 1.82) is 0 Å². The van der Waals surface area contributed by atoms with Gasteiger partial charge < -0.3 is 47.4 Å². The molecule has 1 fully saturated rings. The molecule has 0 aliphatic heterocycles. The van der Waals surface area contributed by atoms with Crippen LogP contribution in [0, 0.1) is 11.8 Å². The number of carbonyl (C=O) groups is 5. The fourth-order valence-electron chi connectivity index (χ4n) is 5.57. The third-order valence-electron chi connectivity index (χ3n) is 8.93. The van der Waals surface area contributed by atoms with Gasteiger partial charge in [0.15, 0.2) is 6.10 Å². The van der Waals surface area contributed by atoms with E-state index >= 15 is 0 Å². The Balaban J connectivity index is 1.32. The molecule has 0 saturated heterocycles. The normalized spacial score (nSPS) is 15.7. The average molecular weight is 825 g/mol. The van der Waals surface area contributed by atoms with E-state index in [1.807, 2.05) is 0 Å². The Kier molecular flexibility index (Phi) is 22.7. The van der Waals surface area contributed by atoms with E-state index in [9.17, 15) is 24.0 Å². The smallest absolute Gasteiger partial charge is 0.330 e. The average Bonchev–Trinajstić information content (AvgIpc) is 3.26. The van der Waals surface area contributed by atoms with Crippen molar-refractivity contribution in [2.45, 2.75) is 63.6 Å². The summed E-state index contributed by atoms with van der Waals surface area (Å²) in [6, 6.07) is 13.2. The van der Waals surface area contributed by atoms with Crippen molar-refractivity contribution in [3.8, 4) is 23.0 Å². The predicted octanol–water partition coefficient (Wildman–Crippen LogP) is 5.93. The highest BCUT2D eigenvalue weighted by atomic mass is 16.6. The zero-order chi connectivity index (χ0) is 42.7. The first-order chi connectivity index (χ1) is 28.6. The number of esters is 5. The van der Waals surface area contributed by atoms with Gasteiger partial charge in [0.05, 0.1) is 38.3 Å². The molecule has 0 heterocycles. The lowest BCUT2D eigenvalue weighted by Gasteiger charge is -2.25. The van der Waals surface area contributed by atoms with Gasteiger partial charge in [-0.05, 0) is 99.9 Å². The van der Waals surface area contributed by atoms with Gasteiger partial charge >= 0.3 is 29.8 Å². The molecule has 1 aliphatic carbocycles. The molecular formula is C44H56O15. The van der Waals surface area contributed by atoms with Crippen LogP contribution in [0.4, 0.5) is 0 Å². The summed E-state index contributed by atoms with van der Waals surface area (Å²) < 4.78 is 54.7. The number of methoxy groups -OCH3 is 1. The zero-order valence-corrected chi connectivity index (χ0v) is 33.7. The third-order valence-corrected chi connectivity index (χ3v) is 8.93. The van der Waals surface area contributed by atoms with Crippen LogP contribution in [0.5, 0.6) is 23.0 Å². The predicted molar refractivity (Wildman–Crippen MR) is 214 cm³/mol. The van der Waals surface area contributed by atoms with E-state index in [0.29, 0.717) is 94.4 Å². The van der Waals surface area contributed by atoms with E-state index in [-0.39, 0.29) is 56.3 Å². The van der Waals surface area contributed by atoms with E-state index in [0.717, 1.165) is 24.6 Å². The van der Waals surface area contributed by atoms with Crippen molar-refractivity contribution >= 4 is 29.8 Å². The van der Waals surface area contributed by atoms with Gasteiger partial charge in [0.1, 0.15) is 42.3 Å². The SMILES string of the molecule is C=CC(=O)OCCCCOCC(COc1ccc(OC(=O)C2CCC(C(=O)Oc3ccc(OCC(COCCCCOC(=O)C=C)OC(=O)C=C)cc3)CC2)cc1)OC. The molecule has 2 aromatic carbocycles. The van der Waals surface area contributed by atoms with Gasteiger partial charge in [0.25, 0.3) is 0 Å². The van der Waals surface area contributed by atoms with E-state index in [1.165, 1.54) is 0 Å². The van der Waals surface area contributed by atoms with Gasteiger partial charge in [-0.15, -0.1) is 0 Å². The van der Waals surface area contributed by atoms with Gasteiger partial charge in [-0.2, -0.15) is 0 Å². The Morgan fingerprint density at radius 2 is 0.915 bits per heavy atom. The van der Waals surface area contributed by atoms with Crippen LogP contribution in [0.3, 0.4) is 0 Å². The van der Waals surface area contributed by atoms with Crippen molar-refractivity contribution in [3.63, 3.8) is 0 Å². The summed E-state index contributed by atoms with van der Waals surface area (Å²) in [5.74, 6) is -1.19. The van der Waals surface area contributed by atoms with Crippen LogP contribution in [0.2, 0.25) is 0 Å².